The number of nitrogens with one attached hydrogen (secondary N) is 3. The number of carboxylic acid groups (broad SMARTS) is 2. The summed E-state index contributed by atoms with van der Waals surface area (Å²) in [5, 5.41) is 25.2. The van der Waals surface area contributed by atoms with Crippen LogP contribution in [-0.2, 0) is 24.0 Å². The molecule has 16 heteroatoms. The molecule has 0 aliphatic heterocycles. The fourth-order valence-corrected chi connectivity index (χ4v) is 3.20. The zero-order chi connectivity index (χ0) is 26.3. The molecule has 0 spiro atoms. The van der Waals surface area contributed by atoms with E-state index in [1.165, 1.54) is 11.8 Å². The van der Waals surface area contributed by atoms with E-state index in [1.807, 2.05) is 0 Å². The van der Waals surface area contributed by atoms with Gasteiger partial charge in [-0.1, -0.05) is 0 Å². The van der Waals surface area contributed by atoms with Crippen LogP contribution in [-0.4, -0.2) is 94.3 Å². The minimum Gasteiger partial charge on any atom is -0.481 e. The van der Waals surface area contributed by atoms with E-state index < -0.39 is 60.2 Å². The third-order valence-electron chi connectivity index (χ3n) is 4.35. The van der Waals surface area contributed by atoms with Crippen LogP contribution in [0.15, 0.2) is 4.99 Å². The van der Waals surface area contributed by atoms with Crippen molar-refractivity contribution >= 4 is 60.0 Å². The van der Waals surface area contributed by atoms with Crippen molar-refractivity contribution in [2.24, 2.45) is 22.2 Å². The second-order valence-electron chi connectivity index (χ2n) is 7.14. The minimum atomic E-state index is -1.68. The summed E-state index contributed by atoms with van der Waals surface area (Å²) in [7, 11) is 0. The van der Waals surface area contributed by atoms with Crippen LogP contribution in [0.2, 0.25) is 0 Å². The first-order valence-electron chi connectivity index (χ1n) is 10.2. The number of aliphatic imine (C=N–C) groups is 1. The third-order valence-corrected chi connectivity index (χ3v) is 5.39. The molecular weight excluding hydrogens is 490 g/mol. The maximum Gasteiger partial charge on any atom is 0.326 e. The predicted molar refractivity (Wildman–Crippen MR) is 130 cm³/mol. The standard InChI is InChI=1S/C18H33N7O7S2/c1-34-6-4-11(16(30)25-12(17(31)32)7-13(26)27)24-15(29)10(3-2-5-22-18(20)21)23-14(28)9(19)8-33/h9-12,33H,2-8,19H2,1H3,(H,23,28)(H,24,29)(H,25,30)(H,26,27)(H,31,32)(H4,20,21,22). The summed E-state index contributed by atoms with van der Waals surface area (Å²) in [6, 6.07) is -4.92. The lowest BCUT2D eigenvalue weighted by molar-refractivity contribution is -0.147. The topological polar surface area (TPSA) is 252 Å². The molecule has 4 atom stereocenters. The van der Waals surface area contributed by atoms with Crippen LogP contribution in [0, 0.1) is 0 Å². The van der Waals surface area contributed by atoms with E-state index in [0.717, 1.165) is 0 Å². The van der Waals surface area contributed by atoms with Crippen LogP contribution in [0.25, 0.3) is 0 Å². The van der Waals surface area contributed by atoms with Crippen LogP contribution >= 0.6 is 24.4 Å². The SMILES string of the molecule is CSCCC(NC(=O)C(CCCN=C(N)N)NC(=O)C(N)CS)C(=O)NC(CC(=O)O)C(=O)O. The fraction of sp³-hybridized carbons (Fsp3) is 0.667. The molecule has 0 saturated carbocycles. The van der Waals surface area contributed by atoms with Gasteiger partial charge in [-0.15, -0.1) is 0 Å². The van der Waals surface area contributed by atoms with Crippen molar-refractivity contribution in [3.63, 3.8) is 0 Å². The van der Waals surface area contributed by atoms with Gasteiger partial charge in [0.15, 0.2) is 5.96 Å². The van der Waals surface area contributed by atoms with Crippen molar-refractivity contribution in [1.29, 1.82) is 0 Å². The lowest BCUT2D eigenvalue weighted by atomic mass is 10.1. The zero-order valence-electron chi connectivity index (χ0n) is 18.7. The Labute approximate surface area is 206 Å². The van der Waals surface area contributed by atoms with E-state index in [1.54, 1.807) is 6.26 Å². The fourth-order valence-electron chi connectivity index (χ4n) is 2.56. The molecule has 0 heterocycles. The Kier molecular flexibility index (Phi) is 15.5. The largest absolute Gasteiger partial charge is 0.481 e. The van der Waals surface area contributed by atoms with Crippen molar-refractivity contribution in [1.82, 2.24) is 16.0 Å². The second-order valence-corrected chi connectivity index (χ2v) is 8.49. The number of nitrogens with two attached hydrogens (primary N) is 3. The number of guanidine groups is 1. The number of aliphatic carboxylic acids is 2. The molecule has 0 aromatic heterocycles. The van der Waals surface area contributed by atoms with Crippen molar-refractivity contribution in [2.75, 3.05) is 24.3 Å². The van der Waals surface area contributed by atoms with Crippen LogP contribution in [0.3, 0.4) is 0 Å². The number of thiol groups is 1. The molecule has 34 heavy (non-hydrogen) atoms. The van der Waals surface area contributed by atoms with Gasteiger partial charge in [0.1, 0.15) is 18.1 Å². The van der Waals surface area contributed by atoms with E-state index >= 15 is 0 Å². The first-order chi connectivity index (χ1) is 15.9. The Balaban J connectivity index is 5.51. The Morgan fingerprint density at radius 1 is 0.941 bits per heavy atom. The van der Waals surface area contributed by atoms with E-state index in [-0.39, 0.29) is 31.1 Å². The highest BCUT2D eigenvalue weighted by atomic mass is 32.2. The normalized spacial score (nSPS) is 14.1. The van der Waals surface area contributed by atoms with Gasteiger partial charge in [-0.25, -0.2) is 4.79 Å². The number of carbonyl (C=O) groups excluding carboxylic acids is 3. The lowest BCUT2D eigenvalue weighted by Crippen LogP contribution is -2.57. The van der Waals surface area contributed by atoms with Crippen molar-refractivity contribution in [2.45, 2.75) is 49.9 Å². The molecule has 0 saturated heterocycles. The third kappa shape index (κ3) is 13.1. The molecule has 0 aliphatic rings. The highest BCUT2D eigenvalue weighted by molar-refractivity contribution is 7.98. The summed E-state index contributed by atoms with van der Waals surface area (Å²) in [6.45, 7) is 0.187. The van der Waals surface area contributed by atoms with Crippen molar-refractivity contribution in [3.05, 3.63) is 0 Å². The van der Waals surface area contributed by atoms with E-state index in [4.69, 9.17) is 27.4 Å². The van der Waals surface area contributed by atoms with Crippen molar-refractivity contribution in [3.8, 4) is 0 Å². The summed E-state index contributed by atoms with van der Waals surface area (Å²) in [4.78, 5) is 63.8. The minimum absolute atomic E-state index is 0.0348. The number of carbonyl (C=O) groups is 5. The quantitative estimate of drug-likeness (QED) is 0.0403. The highest BCUT2D eigenvalue weighted by Gasteiger charge is 2.30. The number of rotatable bonds is 17. The average molecular weight is 524 g/mol. The van der Waals surface area contributed by atoms with Gasteiger partial charge in [0.05, 0.1) is 12.5 Å². The monoisotopic (exact) mass is 523 g/mol. The Morgan fingerprint density at radius 3 is 1.94 bits per heavy atom. The number of nitrogens with zero attached hydrogens (tertiary/aromatic N) is 1. The van der Waals surface area contributed by atoms with E-state index in [2.05, 4.69) is 33.6 Å². The zero-order valence-corrected chi connectivity index (χ0v) is 20.4. The summed E-state index contributed by atoms with van der Waals surface area (Å²) >= 11 is 5.33. The number of hydrogen-bond donors (Lipinski definition) is 9. The van der Waals surface area contributed by atoms with Crippen molar-refractivity contribution < 1.29 is 34.2 Å². The molecule has 0 aliphatic carbocycles. The number of carboxylic acids is 2. The van der Waals surface area contributed by atoms with Crippen LogP contribution < -0.4 is 33.2 Å². The van der Waals surface area contributed by atoms with Gasteiger partial charge in [-0.2, -0.15) is 24.4 Å². The highest BCUT2D eigenvalue weighted by Crippen LogP contribution is 2.06. The molecule has 0 bridgehead atoms. The van der Waals surface area contributed by atoms with Gasteiger partial charge in [0.25, 0.3) is 0 Å². The van der Waals surface area contributed by atoms with Gasteiger partial charge in [-0.05, 0) is 31.3 Å². The smallest absolute Gasteiger partial charge is 0.326 e. The number of thioether (sulfide) groups is 1. The van der Waals surface area contributed by atoms with E-state index in [0.29, 0.717) is 12.2 Å². The van der Waals surface area contributed by atoms with Gasteiger partial charge in [0, 0.05) is 12.3 Å². The molecule has 4 unspecified atom stereocenters. The predicted octanol–water partition coefficient (Wildman–Crippen LogP) is -2.94. The summed E-state index contributed by atoms with van der Waals surface area (Å²) in [5.41, 5.74) is 16.2. The summed E-state index contributed by atoms with van der Waals surface area (Å²) in [5.74, 6) is -4.82. The Morgan fingerprint density at radius 2 is 1.47 bits per heavy atom. The average Bonchev–Trinajstić information content (AvgIpc) is 2.76. The molecule has 0 aromatic carbocycles. The van der Waals surface area contributed by atoms with Gasteiger partial charge < -0.3 is 43.4 Å². The summed E-state index contributed by atoms with van der Waals surface area (Å²) < 4.78 is 0. The molecule has 0 fully saturated rings. The molecule has 14 nitrogen and oxygen atoms in total. The second kappa shape index (κ2) is 16.8. The summed E-state index contributed by atoms with van der Waals surface area (Å²) in [6.07, 6.45) is 1.49. The number of hydrogen-bond acceptors (Lipinski definition) is 9. The maximum absolute atomic E-state index is 12.9. The molecule has 0 radical (unpaired) electrons. The van der Waals surface area contributed by atoms with Crippen LogP contribution in [0.1, 0.15) is 25.7 Å². The molecule has 3 amide bonds. The Hall–Kier alpha value is -2.72. The molecule has 0 aromatic rings. The molecule has 194 valence electrons. The maximum atomic E-state index is 12.9. The lowest BCUT2D eigenvalue weighted by Gasteiger charge is -2.24. The molecular formula is C18H33N7O7S2. The molecule has 0 rings (SSSR count). The first kappa shape index (κ1) is 31.3. The van der Waals surface area contributed by atoms with Gasteiger partial charge in [-0.3, -0.25) is 24.2 Å². The molecule has 11 N–H and O–H groups in total. The van der Waals surface area contributed by atoms with Gasteiger partial charge >= 0.3 is 11.9 Å². The van der Waals surface area contributed by atoms with Crippen LogP contribution in [0.5, 0.6) is 0 Å². The first-order valence-corrected chi connectivity index (χ1v) is 12.2. The number of amides is 3. The van der Waals surface area contributed by atoms with E-state index in [9.17, 15) is 24.0 Å². The Bertz CT molecular complexity index is 750. The van der Waals surface area contributed by atoms with Crippen LogP contribution in [0.4, 0.5) is 0 Å². The van der Waals surface area contributed by atoms with Gasteiger partial charge in [0.2, 0.25) is 17.7 Å².